The van der Waals surface area contributed by atoms with Gasteiger partial charge in [0.2, 0.25) is 0 Å². The number of benzene rings is 1. The average molecular weight is 410 g/mol. The highest BCUT2D eigenvalue weighted by atomic mass is 16.5. The van der Waals surface area contributed by atoms with Crippen LogP contribution in [0.5, 0.6) is 0 Å². The number of fused-ring (bicyclic) bond motifs is 2. The van der Waals surface area contributed by atoms with Crippen molar-refractivity contribution >= 4 is 12.2 Å². The number of pyridine rings is 1. The van der Waals surface area contributed by atoms with E-state index in [1.54, 1.807) is 5.56 Å². The molecule has 1 unspecified atom stereocenters. The third kappa shape index (κ3) is 4.50. The number of carbonyl (C=O) groups is 1. The molecule has 0 saturated carbocycles. The van der Waals surface area contributed by atoms with Gasteiger partial charge >= 0.3 is 0 Å². The Morgan fingerprint density at radius 3 is 2.63 bits per heavy atom. The molecule has 30 heavy (non-hydrogen) atoms. The Kier molecular flexibility index (Phi) is 6.65. The van der Waals surface area contributed by atoms with Gasteiger partial charge in [0.1, 0.15) is 0 Å². The predicted molar refractivity (Wildman–Crippen MR) is 117 cm³/mol. The van der Waals surface area contributed by atoms with E-state index in [-0.39, 0.29) is 6.47 Å². The number of piperidine rings is 1. The molecule has 6 heteroatoms. The van der Waals surface area contributed by atoms with Crippen LogP contribution in [-0.2, 0) is 21.5 Å². The molecule has 1 aromatic heterocycles. The van der Waals surface area contributed by atoms with Crippen LogP contribution < -0.4 is 4.90 Å². The second-order valence-electron chi connectivity index (χ2n) is 8.52. The van der Waals surface area contributed by atoms with Gasteiger partial charge in [-0.2, -0.15) is 0 Å². The summed E-state index contributed by atoms with van der Waals surface area (Å²) < 4.78 is 5.93. The Labute approximate surface area is 178 Å². The van der Waals surface area contributed by atoms with Gasteiger partial charge in [-0.3, -0.25) is 14.7 Å². The smallest absolute Gasteiger partial charge is 0.290 e. The minimum atomic E-state index is -0.250. The molecular weight excluding hydrogens is 378 g/mol. The third-order valence-corrected chi connectivity index (χ3v) is 6.68. The van der Waals surface area contributed by atoms with Crippen molar-refractivity contribution in [1.29, 1.82) is 0 Å². The van der Waals surface area contributed by atoms with E-state index in [1.165, 1.54) is 37.1 Å². The van der Waals surface area contributed by atoms with E-state index in [4.69, 9.17) is 14.6 Å². The molecule has 5 rings (SSSR count). The van der Waals surface area contributed by atoms with Gasteiger partial charge < -0.3 is 14.7 Å². The summed E-state index contributed by atoms with van der Waals surface area (Å²) in [6.07, 6.45) is 7.21. The van der Waals surface area contributed by atoms with Gasteiger partial charge in [-0.15, -0.1) is 0 Å². The highest BCUT2D eigenvalue weighted by Gasteiger charge is 2.44. The molecule has 0 radical (unpaired) electrons. The zero-order valence-corrected chi connectivity index (χ0v) is 17.4. The largest absolute Gasteiger partial charge is 0.483 e. The molecule has 1 aromatic carbocycles. The second kappa shape index (κ2) is 9.58. The number of hydrogen-bond donors (Lipinski definition) is 1. The molecule has 1 atom stereocenters. The maximum Gasteiger partial charge on any atom is 0.290 e. The topological polar surface area (TPSA) is 65.9 Å². The lowest BCUT2D eigenvalue weighted by Gasteiger charge is -2.40. The Morgan fingerprint density at radius 1 is 1.17 bits per heavy atom. The van der Waals surface area contributed by atoms with Crippen molar-refractivity contribution in [3.63, 3.8) is 0 Å². The highest BCUT2D eigenvalue weighted by Crippen LogP contribution is 2.47. The standard InChI is InChI=1S/C23H29N3O.CH2O2/c1-2-9-22-21(8-1)23(18-26(22)17-20-7-5-15-27-20)10-13-25(14-11-23)16-19-6-3-4-12-24-19;2-1-3/h1-4,6,8-9,12,20H,5,7,10-11,13-18H2;1H,(H,2,3). The van der Waals surface area contributed by atoms with E-state index in [2.05, 4.69) is 51.2 Å². The molecule has 3 aliphatic heterocycles. The summed E-state index contributed by atoms with van der Waals surface area (Å²) in [6, 6.07) is 15.3. The van der Waals surface area contributed by atoms with Gasteiger partial charge in [0.05, 0.1) is 11.8 Å². The first-order valence-electron chi connectivity index (χ1n) is 10.9. The minimum absolute atomic E-state index is 0.250. The van der Waals surface area contributed by atoms with Gasteiger partial charge in [-0.05, 0) is 62.5 Å². The van der Waals surface area contributed by atoms with Gasteiger partial charge in [0.25, 0.3) is 6.47 Å². The maximum atomic E-state index is 8.36. The third-order valence-electron chi connectivity index (χ3n) is 6.68. The molecule has 4 heterocycles. The summed E-state index contributed by atoms with van der Waals surface area (Å²) in [5.41, 5.74) is 4.52. The van der Waals surface area contributed by atoms with Crippen molar-refractivity contribution in [2.45, 2.75) is 43.7 Å². The molecule has 0 aliphatic carbocycles. The van der Waals surface area contributed by atoms with Crippen molar-refractivity contribution in [2.24, 2.45) is 0 Å². The van der Waals surface area contributed by atoms with Crippen LogP contribution in [-0.4, -0.2) is 60.4 Å². The van der Waals surface area contributed by atoms with Crippen molar-refractivity contribution in [1.82, 2.24) is 9.88 Å². The van der Waals surface area contributed by atoms with Gasteiger partial charge in [-0.1, -0.05) is 24.3 Å². The number of carboxylic acid groups (broad SMARTS) is 1. The van der Waals surface area contributed by atoms with Crippen molar-refractivity contribution in [3.8, 4) is 0 Å². The average Bonchev–Trinajstić information content (AvgIpc) is 3.39. The summed E-state index contributed by atoms with van der Waals surface area (Å²) in [5.74, 6) is 0. The lowest BCUT2D eigenvalue weighted by Crippen LogP contribution is -2.45. The second-order valence-corrected chi connectivity index (χ2v) is 8.52. The van der Waals surface area contributed by atoms with Crippen LogP contribution in [0, 0.1) is 0 Å². The first kappa shape index (κ1) is 20.8. The zero-order valence-electron chi connectivity index (χ0n) is 17.4. The predicted octanol–water partition coefficient (Wildman–Crippen LogP) is 3.32. The van der Waals surface area contributed by atoms with Crippen LogP contribution in [0.25, 0.3) is 0 Å². The number of nitrogens with zero attached hydrogens (tertiary/aromatic N) is 3. The summed E-state index contributed by atoms with van der Waals surface area (Å²) in [5, 5.41) is 6.89. The molecule has 2 fully saturated rings. The van der Waals surface area contributed by atoms with Gasteiger partial charge in [0.15, 0.2) is 0 Å². The van der Waals surface area contributed by atoms with Crippen molar-refractivity contribution < 1.29 is 14.6 Å². The minimum Gasteiger partial charge on any atom is -0.483 e. The number of para-hydroxylation sites is 1. The number of ether oxygens (including phenoxy) is 1. The van der Waals surface area contributed by atoms with E-state index in [9.17, 15) is 0 Å². The summed E-state index contributed by atoms with van der Waals surface area (Å²) >= 11 is 0. The fourth-order valence-corrected chi connectivity index (χ4v) is 5.22. The summed E-state index contributed by atoms with van der Waals surface area (Å²) in [6.45, 7) is 6.17. The first-order chi connectivity index (χ1) is 14.7. The van der Waals surface area contributed by atoms with E-state index in [1.807, 2.05) is 12.3 Å². The van der Waals surface area contributed by atoms with Crippen LogP contribution in [0.15, 0.2) is 48.7 Å². The Balaban J connectivity index is 0.000000687. The van der Waals surface area contributed by atoms with Crippen LogP contribution in [0.4, 0.5) is 5.69 Å². The number of hydrogen-bond acceptors (Lipinski definition) is 5. The summed E-state index contributed by atoms with van der Waals surface area (Å²) in [4.78, 5) is 18.0. The first-order valence-corrected chi connectivity index (χ1v) is 10.9. The Hall–Kier alpha value is -2.44. The molecule has 1 N–H and O–H groups in total. The van der Waals surface area contributed by atoms with E-state index in [0.29, 0.717) is 11.5 Å². The lowest BCUT2D eigenvalue weighted by molar-refractivity contribution is -0.122. The quantitative estimate of drug-likeness (QED) is 0.782. The molecule has 160 valence electrons. The zero-order chi connectivity index (χ0) is 20.8. The molecular formula is C24H31N3O3. The molecule has 1 spiro atoms. The molecule has 3 aliphatic rings. The number of likely N-dealkylation sites (tertiary alicyclic amines) is 1. The summed E-state index contributed by atoms with van der Waals surface area (Å²) in [7, 11) is 0. The SMILES string of the molecule is O=CO.c1ccc(CN2CCC3(CC2)CN(CC2CCCO2)c2ccccc23)nc1. The molecule has 2 aromatic rings. The highest BCUT2D eigenvalue weighted by molar-refractivity contribution is 5.63. The van der Waals surface area contributed by atoms with Crippen LogP contribution in [0.3, 0.4) is 0 Å². The number of rotatable bonds is 4. The van der Waals surface area contributed by atoms with Gasteiger partial charge in [0, 0.05) is 43.5 Å². The van der Waals surface area contributed by atoms with E-state index < -0.39 is 0 Å². The van der Waals surface area contributed by atoms with E-state index >= 15 is 0 Å². The van der Waals surface area contributed by atoms with E-state index in [0.717, 1.165) is 39.3 Å². The maximum absolute atomic E-state index is 8.36. The monoisotopic (exact) mass is 409 g/mol. The molecule has 0 bridgehead atoms. The Morgan fingerprint density at radius 2 is 1.93 bits per heavy atom. The van der Waals surface area contributed by atoms with Crippen LogP contribution in [0.1, 0.15) is 36.9 Å². The Bertz CT molecular complexity index is 815. The molecule has 2 saturated heterocycles. The lowest BCUT2D eigenvalue weighted by atomic mass is 9.74. The normalized spacial score (nSPS) is 22.4. The molecule has 0 amide bonds. The van der Waals surface area contributed by atoms with Crippen LogP contribution in [0.2, 0.25) is 0 Å². The number of aromatic nitrogens is 1. The fraction of sp³-hybridized carbons (Fsp3) is 0.500. The number of anilines is 1. The molecule has 6 nitrogen and oxygen atoms in total. The van der Waals surface area contributed by atoms with Gasteiger partial charge in [-0.25, -0.2) is 0 Å². The van der Waals surface area contributed by atoms with Crippen LogP contribution >= 0.6 is 0 Å². The van der Waals surface area contributed by atoms with Crippen molar-refractivity contribution in [2.75, 3.05) is 37.7 Å². The van der Waals surface area contributed by atoms with Crippen molar-refractivity contribution in [3.05, 3.63) is 59.9 Å². The fourth-order valence-electron chi connectivity index (χ4n) is 5.22.